The molecule has 0 bridgehead atoms. The highest BCUT2D eigenvalue weighted by Crippen LogP contribution is 2.39. The molecule has 1 fully saturated rings. The molecule has 0 saturated heterocycles. The SMILES string of the molecule is CC(C)(C)Oc1cn(CC2CC2)c(C(=O)O)c1N=C=O. The van der Waals surface area contributed by atoms with Gasteiger partial charge in [0.1, 0.15) is 5.60 Å². The fourth-order valence-electron chi connectivity index (χ4n) is 2.02. The van der Waals surface area contributed by atoms with Crippen molar-refractivity contribution in [1.82, 2.24) is 4.57 Å². The van der Waals surface area contributed by atoms with Gasteiger partial charge in [0.25, 0.3) is 0 Å². The van der Waals surface area contributed by atoms with Gasteiger partial charge in [0, 0.05) is 12.7 Å². The van der Waals surface area contributed by atoms with E-state index in [0.717, 1.165) is 12.8 Å². The Hall–Kier alpha value is -2.07. The van der Waals surface area contributed by atoms with Crippen molar-refractivity contribution in [3.05, 3.63) is 11.9 Å². The Bertz CT molecular complexity index is 573. The van der Waals surface area contributed by atoms with E-state index in [1.165, 1.54) is 6.08 Å². The molecule has 6 heteroatoms. The Kier molecular flexibility index (Phi) is 3.68. The van der Waals surface area contributed by atoms with Crippen LogP contribution in [0.15, 0.2) is 11.2 Å². The minimum Gasteiger partial charge on any atom is -0.484 e. The molecule has 0 radical (unpaired) electrons. The summed E-state index contributed by atoms with van der Waals surface area (Å²) in [6.45, 7) is 6.15. The third kappa shape index (κ3) is 3.27. The summed E-state index contributed by atoms with van der Waals surface area (Å²) in [7, 11) is 0. The lowest BCUT2D eigenvalue weighted by Crippen LogP contribution is -2.22. The number of hydrogen-bond acceptors (Lipinski definition) is 4. The number of carboxylic acid groups (broad SMARTS) is 1. The average Bonchev–Trinajstić information content (AvgIpc) is 3.03. The molecular weight excluding hydrogens is 260 g/mol. The number of ether oxygens (including phenoxy) is 1. The first-order valence-electron chi connectivity index (χ1n) is 6.55. The Morgan fingerprint density at radius 3 is 2.65 bits per heavy atom. The number of aromatic carboxylic acids is 1. The van der Waals surface area contributed by atoms with E-state index in [-0.39, 0.29) is 11.4 Å². The predicted molar refractivity (Wildman–Crippen MR) is 72.3 cm³/mol. The predicted octanol–water partition coefficient (Wildman–Crippen LogP) is 2.74. The highest BCUT2D eigenvalue weighted by atomic mass is 16.5. The van der Waals surface area contributed by atoms with Gasteiger partial charge >= 0.3 is 5.97 Å². The summed E-state index contributed by atoms with van der Waals surface area (Å²) in [5.41, 5.74) is -0.475. The number of isocyanates is 1. The van der Waals surface area contributed by atoms with Gasteiger partial charge in [-0.2, -0.15) is 4.99 Å². The fourth-order valence-corrected chi connectivity index (χ4v) is 2.02. The van der Waals surface area contributed by atoms with E-state index in [0.29, 0.717) is 18.2 Å². The molecule has 0 aliphatic heterocycles. The largest absolute Gasteiger partial charge is 0.484 e. The van der Waals surface area contributed by atoms with E-state index in [1.54, 1.807) is 10.8 Å². The third-order valence-electron chi connectivity index (χ3n) is 2.95. The molecule has 20 heavy (non-hydrogen) atoms. The van der Waals surface area contributed by atoms with Gasteiger partial charge in [-0.15, -0.1) is 0 Å². The van der Waals surface area contributed by atoms with Crippen LogP contribution in [0.25, 0.3) is 0 Å². The first-order valence-corrected chi connectivity index (χ1v) is 6.55. The van der Waals surface area contributed by atoms with Gasteiger partial charge in [-0.3, -0.25) is 0 Å². The van der Waals surface area contributed by atoms with Crippen molar-refractivity contribution in [2.45, 2.75) is 45.8 Å². The quantitative estimate of drug-likeness (QED) is 0.663. The number of carboxylic acids is 1. The molecular formula is C14H18N2O4. The van der Waals surface area contributed by atoms with Crippen LogP contribution in [0.5, 0.6) is 5.75 Å². The van der Waals surface area contributed by atoms with Gasteiger partial charge in [0.2, 0.25) is 6.08 Å². The van der Waals surface area contributed by atoms with Crippen molar-refractivity contribution >= 4 is 17.7 Å². The fraction of sp³-hybridized carbons (Fsp3) is 0.571. The first kappa shape index (κ1) is 14.3. The molecule has 0 aromatic carbocycles. The second-order valence-corrected chi connectivity index (χ2v) is 6.01. The highest BCUT2D eigenvalue weighted by molar-refractivity contribution is 5.94. The zero-order valence-electron chi connectivity index (χ0n) is 11.8. The monoisotopic (exact) mass is 278 g/mol. The first-order chi connectivity index (χ1) is 9.31. The number of aliphatic imine (C=N–C) groups is 1. The topological polar surface area (TPSA) is 80.9 Å². The molecule has 6 nitrogen and oxygen atoms in total. The summed E-state index contributed by atoms with van der Waals surface area (Å²) in [5.74, 6) is -0.321. The standard InChI is InChI=1S/C14H18N2O4/c1-14(2,3)20-10-7-16(6-9-4-5-9)12(13(18)19)11(10)15-8-17/h7,9H,4-6H2,1-3H3,(H,18,19). The van der Waals surface area contributed by atoms with Crippen molar-refractivity contribution in [2.24, 2.45) is 10.9 Å². The van der Waals surface area contributed by atoms with Crippen LogP contribution in [0.2, 0.25) is 0 Å². The molecule has 2 rings (SSSR count). The Morgan fingerprint density at radius 2 is 2.20 bits per heavy atom. The molecule has 1 N–H and O–H groups in total. The second kappa shape index (κ2) is 5.13. The number of aromatic nitrogens is 1. The summed E-state index contributed by atoms with van der Waals surface area (Å²) in [5, 5.41) is 9.35. The normalized spacial score (nSPS) is 14.8. The van der Waals surface area contributed by atoms with Crippen molar-refractivity contribution in [3.8, 4) is 5.75 Å². The zero-order valence-corrected chi connectivity index (χ0v) is 11.8. The maximum absolute atomic E-state index is 11.4. The summed E-state index contributed by atoms with van der Waals surface area (Å²) >= 11 is 0. The molecule has 1 aromatic heterocycles. The van der Waals surface area contributed by atoms with Gasteiger partial charge < -0.3 is 14.4 Å². The number of carbonyl (C=O) groups is 1. The molecule has 1 saturated carbocycles. The van der Waals surface area contributed by atoms with Crippen LogP contribution in [0.1, 0.15) is 44.1 Å². The molecule has 1 heterocycles. The zero-order chi connectivity index (χ0) is 14.9. The Labute approximate surface area is 117 Å². The van der Waals surface area contributed by atoms with Gasteiger partial charge in [0.05, 0.1) is 0 Å². The van der Waals surface area contributed by atoms with E-state index >= 15 is 0 Å². The molecule has 0 atom stereocenters. The average molecular weight is 278 g/mol. The number of carbonyl (C=O) groups excluding carboxylic acids is 1. The minimum atomic E-state index is -1.12. The molecule has 108 valence electrons. The summed E-state index contributed by atoms with van der Waals surface area (Å²) < 4.78 is 7.31. The Morgan fingerprint density at radius 1 is 1.55 bits per heavy atom. The number of hydrogen-bond donors (Lipinski definition) is 1. The lowest BCUT2D eigenvalue weighted by atomic mass is 10.2. The van der Waals surface area contributed by atoms with Gasteiger partial charge in [-0.05, 0) is 39.5 Å². The Balaban J connectivity index is 2.48. The molecule has 0 amide bonds. The molecule has 0 spiro atoms. The molecule has 0 unspecified atom stereocenters. The minimum absolute atomic E-state index is 0.0144. The third-order valence-corrected chi connectivity index (χ3v) is 2.95. The smallest absolute Gasteiger partial charge is 0.354 e. The van der Waals surface area contributed by atoms with Crippen molar-refractivity contribution < 1.29 is 19.4 Å². The van der Waals surface area contributed by atoms with Crippen molar-refractivity contribution in [3.63, 3.8) is 0 Å². The van der Waals surface area contributed by atoms with E-state index in [4.69, 9.17) is 4.74 Å². The van der Waals surface area contributed by atoms with Crippen LogP contribution >= 0.6 is 0 Å². The van der Waals surface area contributed by atoms with E-state index < -0.39 is 11.6 Å². The maximum atomic E-state index is 11.4. The van der Waals surface area contributed by atoms with Crippen molar-refractivity contribution in [1.29, 1.82) is 0 Å². The van der Waals surface area contributed by atoms with E-state index in [2.05, 4.69) is 4.99 Å². The van der Waals surface area contributed by atoms with Crippen LogP contribution in [0.3, 0.4) is 0 Å². The van der Waals surface area contributed by atoms with Crippen LogP contribution in [-0.4, -0.2) is 27.3 Å². The van der Waals surface area contributed by atoms with Gasteiger partial charge in [-0.1, -0.05) is 0 Å². The molecule has 1 aliphatic carbocycles. The highest BCUT2D eigenvalue weighted by Gasteiger charge is 2.29. The maximum Gasteiger partial charge on any atom is 0.354 e. The summed E-state index contributed by atoms with van der Waals surface area (Å²) in [6, 6.07) is 0. The molecule has 1 aliphatic rings. The van der Waals surface area contributed by atoms with Gasteiger partial charge in [-0.25, -0.2) is 9.59 Å². The van der Waals surface area contributed by atoms with Crippen molar-refractivity contribution in [2.75, 3.05) is 0 Å². The van der Waals surface area contributed by atoms with Crippen LogP contribution in [0.4, 0.5) is 5.69 Å². The molecule has 1 aromatic rings. The summed E-state index contributed by atoms with van der Waals surface area (Å²) in [6.07, 6.45) is 5.21. The lowest BCUT2D eigenvalue weighted by Gasteiger charge is -2.20. The van der Waals surface area contributed by atoms with E-state index in [1.807, 2.05) is 20.8 Å². The van der Waals surface area contributed by atoms with Crippen LogP contribution < -0.4 is 4.74 Å². The van der Waals surface area contributed by atoms with Crippen LogP contribution in [-0.2, 0) is 11.3 Å². The number of nitrogens with zero attached hydrogens (tertiary/aromatic N) is 2. The summed E-state index contributed by atoms with van der Waals surface area (Å²) in [4.78, 5) is 25.5. The van der Waals surface area contributed by atoms with E-state index in [9.17, 15) is 14.7 Å². The lowest BCUT2D eigenvalue weighted by molar-refractivity contribution is 0.0685. The van der Waals surface area contributed by atoms with Gasteiger partial charge in [0.15, 0.2) is 17.1 Å². The second-order valence-electron chi connectivity index (χ2n) is 6.01. The number of rotatable bonds is 5. The van der Waals surface area contributed by atoms with Crippen LogP contribution in [0, 0.1) is 5.92 Å².